The molecule has 1 radical (unpaired) electrons. The second-order valence-corrected chi connectivity index (χ2v) is 0.607. The summed E-state index contributed by atoms with van der Waals surface area (Å²) in [6, 6.07) is 0. The second kappa shape index (κ2) is 2.28. The molecule has 0 aliphatic rings. The molecule has 2 nitrogen and oxygen atoms in total. The molecular weight excluding hydrogens is 80.0 g/mol. The van der Waals surface area contributed by atoms with E-state index in [1.807, 2.05) is 5.92 Å². The van der Waals surface area contributed by atoms with Gasteiger partial charge in [-0.1, -0.05) is 5.92 Å². The van der Waals surface area contributed by atoms with Crippen LogP contribution in [0.15, 0.2) is 0 Å². The molecule has 0 aromatic rings. The zero-order valence-electron chi connectivity index (χ0n) is 3.06. The zero-order valence-corrected chi connectivity index (χ0v) is 3.06. The van der Waals surface area contributed by atoms with Gasteiger partial charge in [0.1, 0.15) is 0 Å². The van der Waals surface area contributed by atoms with Crippen molar-refractivity contribution in [3.8, 4) is 11.8 Å². The molecule has 1 N–H and O–H groups in total. The molecule has 0 rings (SSSR count). The molecule has 31 valence electrons. The molecule has 0 heterocycles. The van der Waals surface area contributed by atoms with Gasteiger partial charge in [-0.2, -0.15) is 0 Å². The summed E-state index contributed by atoms with van der Waals surface area (Å²) in [6.45, 7) is 2.98. The van der Waals surface area contributed by atoms with Gasteiger partial charge in [0.2, 0.25) is 0 Å². The van der Waals surface area contributed by atoms with Crippen LogP contribution in [0.4, 0.5) is 0 Å². The van der Waals surface area contributed by atoms with Crippen LogP contribution in [-0.4, -0.2) is 11.1 Å². The van der Waals surface area contributed by atoms with E-state index in [2.05, 4.69) is 6.92 Å². The highest BCUT2D eigenvalue weighted by molar-refractivity contribution is 5.86. The lowest BCUT2D eigenvalue weighted by atomic mass is 10.6. The molecule has 0 fully saturated rings. The number of hydrogen-bond donors (Lipinski definition) is 1. The maximum atomic E-state index is 9.39. The first kappa shape index (κ1) is 5.03. The minimum absolute atomic E-state index is 1.13. The Morgan fingerprint density at radius 1 is 1.83 bits per heavy atom. The van der Waals surface area contributed by atoms with E-state index in [0.717, 1.165) is 0 Å². The second-order valence-electron chi connectivity index (χ2n) is 0.607. The molecule has 0 atom stereocenters. The summed E-state index contributed by atoms with van der Waals surface area (Å²) in [5, 5.41) is 7.70. The first-order valence-electron chi connectivity index (χ1n) is 1.28. The lowest BCUT2D eigenvalue weighted by Crippen LogP contribution is -1.84. The van der Waals surface area contributed by atoms with Gasteiger partial charge in [0.25, 0.3) is 0 Å². The van der Waals surface area contributed by atoms with Crippen LogP contribution in [0, 0.1) is 18.8 Å². The Labute approximate surface area is 35.8 Å². The first-order valence-corrected chi connectivity index (χ1v) is 1.28. The van der Waals surface area contributed by atoms with Gasteiger partial charge in [-0.3, -0.25) is 0 Å². The first-order chi connectivity index (χ1) is 2.77. The van der Waals surface area contributed by atoms with Crippen LogP contribution in [0.3, 0.4) is 0 Å². The molecule has 0 aliphatic carbocycles. The van der Waals surface area contributed by atoms with E-state index < -0.39 is 5.97 Å². The summed E-state index contributed by atoms with van der Waals surface area (Å²) in [6.07, 6.45) is 0. The lowest BCUT2D eigenvalue weighted by molar-refractivity contribution is -0.130. The summed E-state index contributed by atoms with van der Waals surface area (Å²) >= 11 is 0. The Morgan fingerprint density at radius 2 is 2.33 bits per heavy atom. The number of carboxylic acid groups (broad SMARTS) is 1. The summed E-state index contributed by atoms with van der Waals surface area (Å²) in [5.41, 5.74) is 0. The molecule has 0 saturated carbocycles. The van der Waals surface area contributed by atoms with Gasteiger partial charge in [0.15, 0.2) is 0 Å². The summed E-state index contributed by atoms with van der Waals surface area (Å²) < 4.78 is 0. The van der Waals surface area contributed by atoms with E-state index >= 15 is 0 Å². The SMILES string of the molecule is [CH2]C#CC(=O)O. The van der Waals surface area contributed by atoms with Crippen LogP contribution in [0.5, 0.6) is 0 Å². The predicted molar refractivity (Wildman–Crippen MR) is 20.8 cm³/mol. The Hall–Kier alpha value is -0.970. The van der Waals surface area contributed by atoms with E-state index in [1.54, 1.807) is 5.92 Å². The number of aliphatic carboxylic acids is 1. The largest absolute Gasteiger partial charge is 0.472 e. The van der Waals surface area contributed by atoms with Gasteiger partial charge >= 0.3 is 5.97 Å². The molecule has 0 amide bonds. The predicted octanol–water partition coefficient (Wildman–Crippen LogP) is -0.0915. The third kappa shape index (κ3) is 3.03. The summed E-state index contributed by atoms with van der Waals surface area (Å²) in [5.74, 6) is 2.60. The molecule has 0 saturated heterocycles. The monoisotopic (exact) mass is 83.0 g/mol. The Bertz CT molecular complexity index is 104. The van der Waals surface area contributed by atoms with Crippen molar-refractivity contribution in [1.29, 1.82) is 0 Å². The summed E-state index contributed by atoms with van der Waals surface area (Å²) in [4.78, 5) is 9.39. The number of carboxylic acids is 1. The van der Waals surface area contributed by atoms with Crippen molar-refractivity contribution < 1.29 is 9.90 Å². The van der Waals surface area contributed by atoms with E-state index in [4.69, 9.17) is 5.11 Å². The minimum atomic E-state index is -1.13. The van der Waals surface area contributed by atoms with Crippen molar-refractivity contribution in [3.63, 3.8) is 0 Å². The van der Waals surface area contributed by atoms with Gasteiger partial charge in [0.05, 0.1) is 0 Å². The Morgan fingerprint density at radius 3 is 2.33 bits per heavy atom. The maximum Gasteiger partial charge on any atom is 0.381 e. The molecule has 0 unspecified atom stereocenters. The molecule has 6 heavy (non-hydrogen) atoms. The fourth-order valence-electron chi connectivity index (χ4n) is 0.0756. The van der Waals surface area contributed by atoms with Crippen molar-refractivity contribution in [1.82, 2.24) is 0 Å². The fourth-order valence-corrected chi connectivity index (χ4v) is 0.0756. The quantitative estimate of drug-likeness (QED) is 0.415. The van der Waals surface area contributed by atoms with Crippen LogP contribution in [-0.2, 0) is 4.79 Å². The molecule has 0 spiro atoms. The van der Waals surface area contributed by atoms with Crippen molar-refractivity contribution in [3.05, 3.63) is 6.92 Å². The van der Waals surface area contributed by atoms with Gasteiger partial charge in [-0.15, -0.1) is 0 Å². The van der Waals surface area contributed by atoms with Gasteiger partial charge in [-0.05, 0) is 0 Å². The molecule has 0 bridgehead atoms. The van der Waals surface area contributed by atoms with Crippen LogP contribution in [0.2, 0.25) is 0 Å². The third-order valence-electron chi connectivity index (χ3n) is 0.195. The average Bonchev–Trinajstić information content (AvgIpc) is 1.35. The van der Waals surface area contributed by atoms with Crippen LogP contribution in [0.1, 0.15) is 0 Å². The zero-order chi connectivity index (χ0) is 4.99. The Balaban J connectivity index is 3.50. The van der Waals surface area contributed by atoms with Crippen molar-refractivity contribution in [2.75, 3.05) is 0 Å². The van der Waals surface area contributed by atoms with Gasteiger partial charge in [-0.25, -0.2) is 4.79 Å². The smallest absolute Gasteiger partial charge is 0.381 e. The van der Waals surface area contributed by atoms with E-state index in [-0.39, 0.29) is 0 Å². The van der Waals surface area contributed by atoms with Crippen molar-refractivity contribution >= 4 is 5.97 Å². The molecule has 0 aliphatic heterocycles. The standard InChI is InChI=1S/C4H3O2/c1-2-3-4(5)6/h1H2,(H,5,6). The van der Waals surface area contributed by atoms with Crippen molar-refractivity contribution in [2.45, 2.75) is 0 Å². The number of hydrogen-bond acceptors (Lipinski definition) is 1. The molecular formula is C4H3O2. The van der Waals surface area contributed by atoms with E-state index in [9.17, 15) is 4.79 Å². The highest BCUT2D eigenvalue weighted by Gasteiger charge is 1.76. The minimum Gasteiger partial charge on any atom is -0.472 e. The lowest BCUT2D eigenvalue weighted by Gasteiger charge is -1.62. The van der Waals surface area contributed by atoms with Crippen LogP contribution in [0.25, 0.3) is 0 Å². The van der Waals surface area contributed by atoms with Crippen LogP contribution < -0.4 is 0 Å². The summed E-state index contributed by atoms with van der Waals surface area (Å²) in [7, 11) is 0. The normalized spacial score (nSPS) is 5.50. The Kier molecular flexibility index (Phi) is 1.91. The fraction of sp³-hybridized carbons (Fsp3) is 0. The van der Waals surface area contributed by atoms with E-state index in [1.165, 1.54) is 0 Å². The van der Waals surface area contributed by atoms with Crippen LogP contribution >= 0.6 is 0 Å². The molecule has 0 aromatic carbocycles. The highest BCUT2D eigenvalue weighted by Crippen LogP contribution is 1.51. The third-order valence-corrected chi connectivity index (χ3v) is 0.195. The number of carbonyl (C=O) groups is 1. The molecule has 2 heteroatoms. The van der Waals surface area contributed by atoms with Gasteiger partial charge < -0.3 is 5.11 Å². The highest BCUT2D eigenvalue weighted by atomic mass is 16.4. The number of rotatable bonds is 0. The topological polar surface area (TPSA) is 37.3 Å². The van der Waals surface area contributed by atoms with Gasteiger partial charge in [0, 0.05) is 12.8 Å². The average molecular weight is 83.1 g/mol. The van der Waals surface area contributed by atoms with Crippen molar-refractivity contribution in [2.24, 2.45) is 0 Å². The molecule has 0 aromatic heterocycles. The maximum absolute atomic E-state index is 9.39. The van der Waals surface area contributed by atoms with E-state index in [0.29, 0.717) is 0 Å².